The van der Waals surface area contributed by atoms with Gasteiger partial charge >= 0.3 is 0 Å². The number of para-hydroxylation sites is 2. The normalized spacial score (nSPS) is 20.6. The Labute approximate surface area is 164 Å². The summed E-state index contributed by atoms with van der Waals surface area (Å²) < 4.78 is 6.06. The molecule has 27 heavy (non-hydrogen) atoms. The Hall–Kier alpha value is -2.47. The van der Waals surface area contributed by atoms with Gasteiger partial charge in [-0.3, -0.25) is 4.79 Å². The number of hydrogen-bond donors (Lipinski definition) is 0. The van der Waals surface area contributed by atoms with E-state index in [-0.39, 0.29) is 5.91 Å². The average Bonchev–Trinajstić information content (AvgIpc) is 3.02. The third kappa shape index (κ3) is 3.18. The minimum absolute atomic E-state index is 0.0978. The fourth-order valence-corrected chi connectivity index (χ4v) is 4.59. The van der Waals surface area contributed by atoms with Gasteiger partial charge in [0.25, 0.3) is 0 Å². The zero-order valence-corrected chi connectivity index (χ0v) is 16.6. The zero-order valence-electron chi connectivity index (χ0n) is 15.8. The quantitative estimate of drug-likeness (QED) is 0.748. The van der Waals surface area contributed by atoms with E-state index in [0.29, 0.717) is 18.7 Å². The number of anilines is 2. The standard InChI is InChI=1S/C21H23N3O2S/c1-4-21(3)24(15(2)25)22-20(26-21)13-14-23-16-9-5-7-11-18(16)27-19-12-8-6-10-17(19)23/h5-12H,4,13-14H2,1-3H3. The first-order chi connectivity index (χ1) is 13.0. The number of benzene rings is 2. The topological polar surface area (TPSA) is 45.1 Å². The molecule has 0 fully saturated rings. The Bertz CT molecular complexity index is 868. The fourth-order valence-electron chi connectivity index (χ4n) is 3.49. The maximum absolute atomic E-state index is 11.9. The van der Waals surface area contributed by atoms with E-state index in [2.05, 4.69) is 58.5 Å². The van der Waals surface area contributed by atoms with Crippen LogP contribution in [0.1, 0.15) is 33.6 Å². The number of nitrogens with zero attached hydrogens (tertiary/aromatic N) is 3. The summed E-state index contributed by atoms with van der Waals surface area (Å²) >= 11 is 1.80. The number of carbonyl (C=O) groups is 1. The lowest BCUT2D eigenvalue weighted by atomic mass is 10.2. The molecule has 1 atom stereocenters. The summed E-state index contributed by atoms with van der Waals surface area (Å²) in [6, 6.07) is 16.9. The second kappa shape index (κ2) is 6.93. The Morgan fingerprint density at radius 1 is 1.11 bits per heavy atom. The van der Waals surface area contributed by atoms with Gasteiger partial charge in [0.2, 0.25) is 17.5 Å². The van der Waals surface area contributed by atoms with Gasteiger partial charge in [-0.15, -0.1) is 5.10 Å². The van der Waals surface area contributed by atoms with Gasteiger partial charge in [-0.05, 0) is 31.2 Å². The zero-order chi connectivity index (χ0) is 19.0. The van der Waals surface area contributed by atoms with E-state index in [1.165, 1.54) is 33.1 Å². The van der Waals surface area contributed by atoms with E-state index in [9.17, 15) is 4.79 Å². The monoisotopic (exact) mass is 381 g/mol. The van der Waals surface area contributed by atoms with Gasteiger partial charge in [-0.2, -0.15) is 5.01 Å². The maximum atomic E-state index is 11.9. The molecule has 0 saturated heterocycles. The van der Waals surface area contributed by atoms with Crippen LogP contribution in [0, 0.1) is 0 Å². The number of rotatable bonds is 4. The molecule has 2 aliphatic rings. The van der Waals surface area contributed by atoms with E-state index in [0.717, 1.165) is 6.54 Å². The second-order valence-corrected chi connectivity index (χ2v) is 7.98. The number of carbonyl (C=O) groups excluding carboxylic acids is 1. The van der Waals surface area contributed by atoms with Crippen LogP contribution in [0.3, 0.4) is 0 Å². The van der Waals surface area contributed by atoms with Crippen LogP contribution in [0.15, 0.2) is 63.4 Å². The molecule has 2 aromatic rings. The fraction of sp³-hybridized carbons (Fsp3) is 0.333. The Kier molecular flexibility index (Phi) is 4.60. The van der Waals surface area contributed by atoms with Crippen LogP contribution in [0.25, 0.3) is 0 Å². The van der Waals surface area contributed by atoms with Crippen molar-refractivity contribution in [2.45, 2.75) is 49.1 Å². The highest BCUT2D eigenvalue weighted by Crippen LogP contribution is 2.47. The van der Waals surface area contributed by atoms with Gasteiger partial charge < -0.3 is 9.64 Å². The summed E-state index contributed by atoms with van der Waals surface area (Å²) in [4.78, 5) is 16.7. The van der Waals surface area contributed by atoms with Gasteiger partial charge in [0.05, 0.1) is 11.4 Å². The SMILES string of the molecule is CCC1(C)OC(CCN2c3ccccc3Sc3ccccc32)=NN1C(C)=O. The Morgan fingerprint density at radius 2 is 1.70 bits per heavy atom. The average molecular weight is 382 g/mol. The highest BCUT2D eigenvalue weighted by Gasteiger charge is 2.41. The van der Waals surface area contributed by atoms with Crippen LogP contribution >= 0.6 is 11.8 Å². The van der Waals surface area contributed by atoms with E-state index < -0.39 is 5.72 Å². The number of fused-ring (bicyclic) bond motifs is 2. The molecular weight excluding hydrogens is 358 g/mol. The highest BCUT2D eigenvalue weighted by atomic mass is 32.2. The minimum Gasteiger partial charge on any atom is -0.451 e. The van der Waals surface area contributed by atoms with Crippen molar-refractivity contribution in [3.05, 3.63) is 48.5 Å². The lowest BCUT2D eigenvalue weighted by Crippen LogP contribution is -2.43. The molecule has 0 N–H and O–H groups in total. The molecule has 140 valence electrons. The first-order valence-electron chi connectivity index (χ1n) is 9.22. The van der Waals surface area contributed by atoms with Crippen molar-refractivity contribution in [1.82, 2.24) is 5.01 Å². The van der Waals surface area contributed by atoms with Crippen LogP contribution in [0.2, 0.25) is 0 Å². The third-order valence-corrected chi connectivity index (χ3v) is 6.16. The van der Waals surface area contributed by atoms with Crippen molar-refractivity contribution in [3.8, 4) is 0 Å². The molecule has 5 nitrogen and oxygen atoms in total. The van der Waals surface area contributed by atoms with E-state index in [1.54, 1.807) is 11.8 Å². The summed E-state index contributed by atoms with van der Waals surface area (Å²) in [6.45, 7) is 6.17. The van der Waals surface area contributed by atoms with E-state index >= 15 is 0 Å². The smallest absolute Gasteiger partial charge is 0.243 e. The van der Waals surface area contributed by atoms with Crippen LogP contribution in [-0.4, -0.2) is 29.1 Å². The van der Waals surface area contributed by atoms with Gasteiger partial charge in [0.15, 0.2) is 0 Å². The molecule has 0 bridgehead atoms. The van der Waals surface area contributed by atoms with Crippen LogP contribution < -0.4 is 4.90 Å². The van der Waals surface area contributed by atoms with Crippen LogP contribution in [0.5, 0.6) is 0 Å². The number of ether oxygens (including phenoxy) is 1. The molecule has 1 amide bonds. The predicted octanol–water partition coefficient (Wildman–Crippen LogP) is 5.00. The van der Waals surface area contributed by atoms with Crippen molar-refractivity contribution >= 4 is 34.9 Å². The number of hydrazone groups is 1. The van der Waals surface area contributed by atoms with E-state index in [1.807, 2.05) is 13.8 Å². The maximum Gasteiger partial charge on any atom is 0.243 e. The molecule has 0 aliphatic carbocycles. The molecule has 0 aromatic heterocycles. The van der Waals surface area contributed by atoms with Crippen molar-refractivity contribution in [2.24, 2.45) is 5.10 Å². The van der Waals surface area contributed by atoms with Crippen molar-refractivity contribution < 1.29 is 9.53 Å². The minimum atomic E-state index is -0.686. The first kappa shape index (κ1) is 17.9. The van der Waals surface area contributed by atoms with Crippen molar-refractivity contribution in [1.29, 1.82) is 0 Å². The molecule has 0 saturated carbocycles. The lowest BCUT2D eigenvalue weighted by Gasteiger charge is -2.33. The summed E-state index contributed by atoms with van der Waals surface area (Å²) in [5.41, 5.74) is 1.71. The van der Waals surface area contributed by atoms with Gasteiger partial charge in [0, 0.05) is 36.1 Å². The molecule has 2 aliphatic heterocycles. The molecule has 2 aromatic carbocycles. The van der Waals surface area contributed by atoms with Crippen LogP contribution in [0.4, 0.5) is 11.4 Å². The number of amides is 1. The molecule has 4 rings (SSSR count). The van der Waals surface area contributed by atoms with Crippen molar-refractivity contribution in [2.75, 3.05) is 11.4 Å². The Balaban J connectivity index is 1.59. The Morgan fingerprint density at radius 3 is 2.22 bits per heavy atom. The molecule has 6 heteroatoms. The number of hydrogen-bond acceptors (Lipinski definition) is 5. The first-order valence-corrected chi connectivity index (χ1v) is 10.0. The second-order valence-electron chi connectivity index (χ2n) is 6.89. The predicted molar refractivity (Wildman–Crippen MR) is 108 cm³/mol. The van der Waals surface area contributed by atoms with Gasteiger partial charge in [0.1, 0.15) is 0 Å². The molecule has 2 heterocycles. The molecule has 1 unspecified atom stereocenters. The summed E-state index contributed by atoms with van der Waals surface area (Å²) in [5.74, 6) is 0.516. The van der Waals surface area contributed by atoms with Crippen LogP contribution in [-0.2, 0) is 9.53 Å². The van der Waals surface area contributed by atoms with Crippen molar-refractivity contribution in [3.63, 3.8) is 0 Å². The highest BCUT2D eigenvalue weighted by molar-refractivity contribution is 7.99. The molecule has 0 spiro atoms. The summed E-state index contributed by atoms with van der Waals surface area (Å²) in [7, 11) is 0. The summed E-state index contributed by atoms with van der Waals surface area (Å²) in [5, 5.41) is 5.92. The largest absolute Gasteiger partial charge is 0.451 e. The van der Waals surface area contributed by atoms with Gasteiger partial charge in [-0.25, -0.2) is 0 Å². The lowest BCUT2D eigenvalue weighted by molar-refractivity contribution is -0.145. The summed E-state index contributed by atoms with van der Waals surface area (Å²) in [6.07, 6.45) is 1.32. The van der Waals surface area contributed by atoms with Gasteiger partial charge in [-0.1, -0.05) is 43.0 Å². The molecular formula is C21H23N3O2S. The van der Waals surface area contributed by atoms with E-state index in [4.69, 9.17) is 4.74 Å². The molecule has 0 radical (unpaired) electrons. The third-order valence-electron chi connectivity index (χ3n) is 5.03.